The fourth-order valence-corrected chi connectivity index (χ4v) is 3.55. The minimum Gasteiger partial charge on any atom is -0.348 e. The molecule has 132 valence electrons. The maximum absolute atomic E-state index is 13.6. The van der Waals surface area contributed by atoms with Crippen molar-refractivity contribution in [1.29, 1.82) is 0 Å². The van der Waals surface area contributed by atoms with Crippen LogP contribution in [0.1, 0.15) is 38.3 Å². The van der Waals surface area contributed by atoms with Crippen molar-refractivity contribution in [2.24, 2.45) is 0 Å². The van der Waals surface area contributed by atoms with E-state index in [2.05, 4.69) is 5.32 Å². The molecule has 0 saturated carbocycles. The average Bonchev–Trinajstić information content (AvgIpc) is 2.99. The molecule has 2 aliphatic heterocycles. The van der Waals surface area contributed by atoms with Gasteiger partial charge in [-0.05, 0) is 31.5 Å². The Kier molecular flexibility index (Phi) is 5.18. The van der Waals surface area contributed by atoms with Crippen molar-refractivity contribution in [3.63, 3.8) is 0 Å². The normalized spacial score (nSPS) is 26.5. The van der Waals surface area contributed by atoms with Crippen LogP contribution in [0, 0.1) is 5.82 Å². The van der Waals surface area contributed by atoms with E-state index in [-0.39, 0.29) is 23.8 Å². The Morgan fingerprint density at radius 3 is 2.88 bits per heavy atom. The van der Waals surface area contributed by atoms with Gasteiger partial charge in [-0.2, -0.15) is 0 Å². The fourth-order valence-electron chi connectivity index (χ4n) is 3.55. The van der Waals surface area contributed by atoms with Gasteiger partial charge in [0, 0.05) is 32.0 Å². The first-order valence-electron chi connectivity index (χ1n) is 8.55. The first-order valence-corrected chi connectivity index (χ1v) is 8.55. The molecule has 2 saturated heterocycles. The minimum absolute atomic E-state index is 0.0536. The maximum atomic E-state index is 13.6. The van der Waals surface area contributed by atoms with Crippen LogP contribution in [0.4, 0.5) is 4.39 Å². The summed E-state index contributed by atoms with van der Waals surface area (Å²) in [5.41, 5.74) is 0.822. The molecule has 6 heteroatoms. The van der Waals surface area contributed by atoms with E-state index in [1.807, 2.05) is 24.8 Å². The average molecular weight is 336 g/mol. The molecule has 1 aromatic carbocycles. The SMILES string of the molecule is CC1NCCN(C(=O)CCC2(C)OCCO2)[C@H]1c1cccc(F)c1. The Labute approximate surface area is 142 Å². The molecule has 2 aliphatic rings. The number of benzene rings is 1. The zero-order valence-electron chi connectivity index (χ0n) is 14.3. The fraction of sp³-hybridized carbons (Fsp3) is 0.611. The molecule has 2 heterocycles. The summed E-state index contributed by atoms with van der Waals surface area (Å²) in [7, 11) is 0. The number of amides is 1. The quantitative estimate of drug-likeness (QED) is 0.916. The van der Waals surface area contributed by atoms with Crippen molar-refractivity contribution in [2.75, 3.05) is 26.3 Å². The predicted molar refractivity (Wildman–Crippen MR) is 87.9 cm³/mol. The van der Waals surface area contributed by atoms with Crippen molar-refractivity contribution in [3.05, 3.63) is 35.6 Å². The van der Waals surface area contributed by atoms with Crippen LogP contribution >= 0.6 is 0 Å². The van der Waals surface area contributed by atoms with Gasteiger partial charge in [0.25, 0.3) is 0 Å². The predicted octanol–water partition coefficient (Wildman–Crippen LogP) is 2.23. The molecule has 0 spiro atoms. The Bertz CT molecular complexity index is 589. The number of rotatable bonds is 4. The van der Waals surface area contributed by atoms with Gasteiger partial charge in [0.2, 0.25) is 5.91 Å². The van der Waals surface area contributed by atoms with Crippen molar-refractivity contribution >= 4 is 5.91 Å². The Hall–Kier alpha value is -1.50. The van der Waals surface area contributed by atoms with Gasteiger partial charge < -0.3 is 19.7 Å². The summed E-state index contributed by atoms with van der Waals surface area (Å²) in [6.45, 7) is 6.39. The van der Waals surface area contributed by atoms with Crippen LogP contribution in [0.15, 0.2) is 24.3 Å². The summed E-state index contributed by atoms with van der Waals surface area (Å²) >= 11 is 0. The largest absolute Gasteiger partial charge is 0.348 e. The van der Waals surface area contributed by atoms with E-state index in [1.54, 1.807) is 6.07 Å². The number of piperazine rings is 1. The van der Waals surface area contributed by atoms with Crippen LogP contribution in [0.25, 0.3) is 0 Å². The highest BCUT2D eigenvalue weighted by Crippen LogP contribution is 2.30. The van der Waals surface area contributed by atoms with E-state index in [0.29, 0.717) is 32.6 Å². The van der Waals surface area contributed by atoms with Gasteiger partial charge in [-0.15, -0.1) is 0 Å². The Morgan fingerprint density at radius 2 is 2.17 bits per heavy atom. The van der Waals surface area contributed by atoms with E-state index in [0.717, 1.165) is 12.1 Å². The van der Waals surface area contributed by atoms with Crippen LogP contribution in [0.5, 0.6) is 0 Å². The van der Waals surface area contributed by atoms with E-state index in [4.69, 9.17) is 9.47 Å². The molecule has 5 nitrogen and oxygen atoms in total. The van der Waals surface area contributed by atoms with E-state index < -0.39 is 5.79 Å². The minimum atomic E-state index is -0.663. The number of nitrogens with zero attached hydrogens (tertiary/aromatic N) is 1. The highest BCUT2D eigenvalue weighted by Gasteiger charge is 2.36. The third-order valence-corrected chi connectivity index (χ3v) is 4.83. The van der Waals surface area contributed by atoms with Gasteiger partial charge in [-0.3, -0.25) is 4.79 Å². The molecule has 1 amide bonds. The molecule has 0 radical (unpaired) electrons. The molecule has 0 bridgehead atoms. The van der Waals surface area contributed by atoms with Crippen LogP contribution < -0.4 is 5.32 Å². The van der Waals surface area contributed by atoms with Crippen molar-refractivity contribution in [2.45, 2.75) is 44.6 Å². The number of halogens is 1. The lowest BCUT2D eigenvalue weighted by atomic mass is 9.95. The molecule has 1 N–H and O–H groups in total. The highest BCUT2D eigenvalue weighted by atomic mass is 19.1. The van der Waals surface area contributed by atoms with E-state index >= 15 is 0 Å². The first-order chi connectivity index (χ1) is 11.5. The lowest BCUT2D eigenvalue weighted by Gasteiger charge is -2.41. The van der Waals surface area contributed by atoms with Gasteiger partial charge in [0.15, 0.2) is 5.79 Å². The zero-order valence-corrected chi connectivity index (χ0v) is 14.3. The third kappa shape index (κ3) is 3.77. The third-order valence-electron chi connectivity index (χ3n) is 4.83. The number of carbonyl (C=O) groups is 1. The van der Waals surface area contributed by atoms with Crippen LogP contribution in [0.3, 0.4) is 0 Å². The molecular weight excluding hydrogens is 311 g/mol. The zero-order chi connectivity index (χ0) is 17.2. The Balaban J connectivity index is 1.72. The number of nitrogens with one attached hydrogen (secondary N) is 1. The molecule has 2 fully saturated rings. The molecular formula is C18H25FN2O3. The molecule has 0 aromatic heterocycles. The van der Waals surface area contributed by atoms with Crippen molar-refractivity contribution < 1.29 is 18.7 Å². The van der Waals surface area contributed by atoms with Gasteiger partial charge in [-0.25, -0.2) is 4.39 Å². The molecule has 2 atom stereocenters. The molecule has 0 aliphatic carbocycles. The summed E-state index contributed by atoms with van der Waals surface area (Å²) in [6.07, 6.45) is 0.884. The number of hydrogen-bond acceptors (Lipinski definition) is 4. The lowest BCUT2D eigenvalue weighted by Crippen LogP contribution is -2.53. The monoisotopic (exact) mass is 336 g/mol. The summed E-state index contributed by atoms with van der Waals surface area (Å²) in [4.78, 5) is 14.7. The smallest absolute Gasteiger partial charge is 0.223 e. The number of ether oxygens (including phenoxy) is 2. The summed E-state index contributed by atoms with van der Waals surface area (Å²) in [5, 5.41) is 3.37. The Morgan fingerprint density at radius 1 is 1.42 bits per heavy atom. The van der Waals surface area contributed by atoms with Crippen LogP contribution in [-0.2, 0) is 14.3 Å². The van der Waals surface area contributed by atoms with Crippen LogP contribution in [0.2, 0.25) is 0 Å². The van der Waals surface area contributed by atoms with Gasteiger partial charge in [-0.1, -0.05) is 12.1 Å². The van der Waals surface area contributed by atoms with Crippen molar-refractivity contribution in [1.82, 2.24) is 10.2 Å². The highest BCUT2D eigenvalue weighted by molar-refractivity contribution is 5.77. The number of hydrogen-bond donors (Lipinski definition) is 1. The molecule has 1 unspecified atom stereocenters. The van der Waals surface area contributed by atoms with E-state index in [9.17, 15) is 9.18 Å². The second-order valence-electron chi connectivity index (χ2n) is 6.66. The standard InChI is InChI=1S/C18H25FN2O3/c1-13-17(14-4-3-5-15(19)12-14)21(9-8-20-13)16(22)6-7-18(2)23-10-11-24-18/h3-5,12-13,17,20H,6-11H2,1-2H3/t13?,17-/m1/s1. The van der Waals surface area contributed by atoms with Gasteiger partial charge >= 0.3 is 0 Å². The lowest BCUT2D eigenvalue weighted by molar-refractivity contribution is -0.157. The number of carbonyl (C=O) groups excluding carboxylic acids is 1. The topological polar surface area (TPSA) is 50.8 Å². The summed E-state index contributed by atoms with van der Waals surface area (Å²) in [5.74, 6) is -0.889. The summed E-state index contributed by atoms with van der Waals surface area (Å²) < 4.78 is 24.8. The first kappa shape index (κ1) is 17.3. The van der Waals surface area contributed by atoms with Gasteiger partial charge in [0.05, 0.1) is 19.3 Å². The second-order valence-corrected chi connectivity index (χ2v) is 6.66. The second kappa shape index (κ2) is 7.17. The van der Waals surface area contributed by atoms with Crippen molar-refractivity contribution in [3.8, 4) is 0 Å². The van der Waals surface area contributed by atoms with E-state index in [1.165, 1.54) is 12.1 Å². The summed E-state index contributed by atoms with van der Waals surface area (Å²) in [6, 6.07) is 6.41. The van der Waals surface area contributed by atoms with Gasteiger partial charge in [0.1, 0.15) is 5.82 Å². The maximum Gasteiger partial charge on any atom is 0.223 e. The van der Waals surface area contributed by atoms with Crippen LogP contribution in [-0.4, -0.2) is 48.9 Å². The molecule has 1 aromatic rings. The molecule has 3 rings (SSSR count). The molecule has 24 heavy (non-hydrogen) atoms.